The third-order valence-electron chi connectivity index (χ3n) is 3.78. The van der Waals surface area contributed by atoms with Gasteiger partial charge in [0, 0.05) is 24.7 Å². The number of methoxy groups -OCH3 is 1. The van der Waals surface area contributed by atoms with Gasteiger partial charge in [0.05, 0.1) is 22.5 Å². The van der Waals surface area contributed by atoms with E-state index in [0.29, 0.717) is 30.2 Å². The van der Waals surface area contributed by atoms with E-state index in [4.69, 9.17) is 4.74 Å². The summed E-state index contributed by atoms with van der Waals surface area (Å²) in [6.45, 7) is 5.65. The summed E-state index contributed by atoms with van der Waals surface area (Å²) in [6, 6.07) is 7.82. The number of carbonyl (C=O) groups is 1. The Morgan fingerprint density at radius 1 is 1.40 bits per heavy atom. The van der Waals surface area contributed by atoms with Crippen molar-refractivity contribution in [3.8, 4) is 0 Å². The number of halogens is 1. The maximum absolute atomic E-state index is 12.7. The first-order valence-corrected chi connectivity index (χ1v) is 9.55. The third kappa shape index (κ3) is 3.75. The van der Waals surface area contributed by atoms with Crippen LogP contribution in [0.15, 0.2) is 33.7 Å². The molecule has 0 aliphatic heterocycles. The first-order valence-electron chi connectivity index (χ1n) is 7.94. The molecule has 0 saturated carbocycles. The molecule has 0 N–H and O–H groups in total. The smallest absolute Gasteiger partial charge is 0.297 e. The van der Waals surface area contributed by atoms with Crippen LogP contribution in [0.5, 0.6) is 0 Å². The lowest BCUT2D eigenvalue weighted by Crippen LogP contribution is -2.20. The summed E-state index contributed by atoms with van der Waals surface area (Å²) in [5.74, 6) is -0.278. The average molecular weight is 423 g/mol. The standard InChI is InChI=1S/C17H19BrN4O2S/c1-4-22-14(9-11(2)20-22)16(23)19-17-21(7-8-24-3)13-6-5-12(18)10-15(13)25-17/h5-6,9-10H,4,7-8H2,1-3H3. The summed E-state index contributed by atoms with van der Waals surface area (Å²) < 4.78 is 11.0. The van der Waals surface area contributed by atoms with E-state index in [9.17, 15) is 4.79 Å². The molecule has 1 amide bonds. The molecule has 6 nitrogen and oxygen atoms in total. The molecule has 0 unspecified atom stereocenters. The monoisotopic (exact) mass is 422 g/mol. The molecule has 3 rings (SSSR count). The highest BCUT2D eigenvalue weighted by Gasteiger charge is 2.14. The molecule has 0 fully saturated rings. The highest BCUT2D eigenvalue weighted by atomic mass is 79.9. The molecule has 0 spiro atoms. The normalized spacial score (nSPS) is 12.2. The number of amides is 1. The van der Waals surface area contributed by atoms with Crippen molar-refractivity contribution < 1.29 is 9.53 Å². The SMILES string of the molecule is CCn1nc(C)cc1C(=O)N=c1sc2cc(Br)ccc2n1CCOC. The Hall–Kier alpha value is -1.77. The molecular formula is C17H19BrN4O2S. The molecule has 1 aromatic carbocycles. The molecular weight excluding hydrogens is 404 g/mol. The van der Waals surface area contributed by atoms with E-state index in [0.717, 1.165) is 20.4 Å². The van der Waals surface area contributed by atoms with E-state index in [-0.39, 0.29) is 5.91 Å². The topological polar surface area (TPSA) is 61.4 Å². The predicted molar refractivity (Wildman–Crippen MR) is 102 cm³/mol. The van der Waals surface area contributed by atoms with Gasteiger partial charge in [-0.3, -0.25) is 9.48 Å². The van der Waals surface area contributed by atoms with Crippen molar-refractivity contribution in [3.05, 3.63) is 44.9 Å². The molecule has 0 aliphatic rings. The van der Waals surface area contributed by atoms with E-state index in [1.807, 2.05) is 36.6 Å². The molecule has 0 radical (unpaired) electrons. The van der Waals surface area contributed by atoms with E-state index in [1.54, 1.807) is 17.9 Å². The summed E-state index contributed by atoms with van der Waals surface area (Å²) in [6.07, 6.45) is 0. The van der Waals surface area contributed by atoms with Crippen molar-refractivity contribution >= 4 is 43.4 Å². The maximum Gasteiger partial charge on any atom is 0.297 e. The average Bonchev–Trinajstić information content (AvgIpc) is 3.12. The minimum absolute atomic E-state index is 0.278. The number of aromatic nitrogens is 3. The number of aryl methyl sites for hydroxylation is 2. The van der Waals surface area contributed by atoms with Crippen LogP contribution < -0.4 is 4.80 Å². The third-order valence-corrected chi connectivity index (χ3v) is 5.32. The van der Waals surface area contributed by atoms with E-state index < -0.39 is 0 Å². The zero-order valence-electron chi connectivity index (χ0n) is 14.3. The number of rotatable bonds is 5. The molecule has 3 aromatic rings. The second-order valence-electron chi connectivity index (χ2n) is 5.54. The van der Waals surface area contributed by atoms with Gasteiger partial charge in [-0.05, 0) is 38.1 Å². The number of ether oxygens (including phenoxy) is 1. The number of nitrogens with zero attached hydrogens (tertiary/aromatic N) is 4. The Morgan fingerprint density at radius 3 is 2.92 bits per heavy atom. The molecule has 0 atom stereocenters. The van der Waals surface area contributed by atoms with Crippen LogP contribution in [0.3, 0.4) is 0 Å². The van der Waals surface area contributed by atoms with Gasteiger partial charge in [-0.1, -0.05) is 27.3 Å². The zero-order chi connectivity index (χ0) is 18.0. The number of hydrogen-bond acceptors (Lipinski definition) is 4. The van der Waals surface area contributed by atoms with Gasteiger partial charge < -0.3 is 9.30 Å². The Kier molecular flexibility index (Phi) is 5.51. The van der Waals surface area contributed by atoms with Crippen molar-refractivity contribution in [2.45, 2.75) is 26.9 Å². The van der Waals surface area contributed by atoms with E-state index in [2.05, 4.69) is 26.0 Å². The second-order valence-corrected chi connectivity index (χ2v) is 7.47. The van der Waals surface area contributed by atoms with Crippen molar-refractivity contribution in [1.82, 2.24) is 14.3 Å². The van der Waals surface area contributed by atoms with Crippen LogP contribution in [0.4, 0.5) is 0 Å². The van der Waals surface area contributed by atoms with Gasteiger partial charge in [0.2, 0.25) is 0 Å². The van der Waals surface area contributed by atoms with Crippen LogP contribution >= 0.6 is 27.3 Å². The van der Waals surface area contributed by atoms with Gasteiger partial charge in [-0.25, -0.2) is 0 Å². The summed E-state index contributed by atoms with van der Waals surface area (Å²) in [4.78, 5) is 17.7. The fourth-order valence-corrected chi connectivity index (χ4v) is 4.24. The van der Waals surface area contributed by atoms with Gasteiger partial charge in [-0.2, -0.15) is 10.1 Å². The fraction of sp³-hybridized carbons (Fsp3) is 0.353. The van der Waals surface area contributed by atoms with Gasteiger partial charge in [0.15, 0.2) is 4.80 Å². The van der Waals surface area contributed by atoms with Crippen LogP contribution in [0, 0.1) is 6.92 Å². The van der Waals surface area contributed by atoms with Crippen LogP contribution in [0.2, 0.25) is 0 Å². The minimum atomic E-state index is -0.278. The summed E-state index contributed by atoms with van der Waals surface area (Å²) in [5, 5.41) is 4.32. The molecule has 0 bridgehead atoms. The van der Waals surface area contributed by atoms with E-state index >= 15 is 0 Å². The Bertz CT molecular complexity index is 986. The Morgan fingerprint density at radius 2 is 2.20 bits per heavy atom. The highest BCUT2D eigenvalue weighted by molar-refractivity contribution is 9.10. The summed E-state index contributed by atoms with van der Waals surface area (Å²) >= 11 is 4.98. The molecule has 2 aromatic heterocycles. The number of hydrogen-bond donors (Lipinski definition) is 0. The van der Waals surface area contributed by atoms with Gasteiger partial charge >= 0.3 is 0 Å². The number of fused-ring (bicyclic) bond motifs is 1. The molecule has 2 heterocycles. The largest absolute Gasteiger partial charge is 0.383 e. The first kappa shape index (κ1) is 18.0. The number of benzene rings is 1. The Labute approximate surface area is 157 Å². The van der Waals surface area contributed by atoms with Crippen LogP contribution in [0.25, 0.3) is 10.2 Å². The molecule has 8 heteroatoms. The fourth-order valence-electron chi connectivity index (χ4n) is 2.63. The lowest BCUT2D eigenvalue weighted by molar-refractivity contribution is 0.0987. The Balaban J connectivity index is 2.12. The van der Waals surface area contributed by atoms with Crippen LogP contribution in [-0.4, -0.2) is 34.0 Å². The summed E-state index contributed by atoms with van der Waals surface area (Å²) in [7, 11) is 1.66. The summed E-state index contributed by atoms with van der Waals surface area (Å²) in [5.41, 5.74) is 2.36. The molecule has 25 heavy (non-hydrogen) atoms. The van der Waals surface area contributed by atoms with Gasteiger partial charge in [0.25, 0.3) is 5.91 Å². The van der Waals surface area contributed by atoms with Gasteiger partial charge in [-0.15, -0.1) is 0 Å². The first-order chi connectivity index (χ1) is 12.0. The second kappa shape index (κ2) is 7.63. The highest BCUT2D eigenvalue weighted by Crippen LogP contribution is 2.22. The molecule has 0 aliphatic carbocycles. The van der Waals surface area contributed by atoms with Gasteiger partial charge in [0.1, 0.15) is 5.69 Å². The predicted octanol–water partition coefficient (Wildman–Crippen LogP) is 3.38. The van der Waals surface area contributed by atoms with Crippen molar-refractivity contribution in [1.29, 1.82) is 0 Å². The van der Waals surface area contributed by atoms with Crippen molar-refractivity contribution in [2.24, 2.45) is 4.99 Å². The van der Waals surface area contributed by atoms with E-state index in [1.165, 1.54) is 11.3 Å². The minimum Gasteiger partial charge on any atom is -0.383 e. The van der Waals surface area contributed by atoms with Crippen molar-refractivity contribution in [2.75, 3.05) is 13.7 Å². The molecule has 132 valence electrons. The van der Waals surface area contributed by atoms with Crippen LogP contribution in [-0.2, 0) is 17.8 Å². The molecule has 0 saturated heterocycles. The van der Waals surface area contributed by atoms with Crippen LogP contribution in [0.1, 0.15) is 23.1 Å². The maximum atomic E-state index is 12.7. The quantitative estimate of drug-likeness (QED) is 0.632. The lowest BCUT2D eigenvalue weighted by Gasteiger charge is -2.04. The zero-order valence-corrected chi connectivity index (χ0v) is 16.7. The number of thiazole rings is 1. The number of carbonyl (C=O) groups excluding carboxylic acids is 1. The van der Waals surface area contributed by atoms with Crippen molar-refractivity contribution in [3.63, 3.8) is 0 Å². The lowest BCUT2D eigenvalue weighted by atomic mass is 10.3.